The third-order valence-corrected chi connectivity index (χ3v) is 3.02. The van der Waals surface area contributed by atoms with Crippen molar-refractivity contribution in [3.63, 3.8) is 0 Å². The minimum Gasteiger partial charge on any atom is -0.326 e. The Morgan fingerprint density at radius 3 is 2.21 bits per heavy atom. The molecule has 0 unspecified atom stereocenters. The molecule has 0 spiro atoms. The van der Waals surface area contributed by atoms with E-state index in [1.54, 1.807) is 12.4 Å². The van der Waals surface area contributed by atoms with Crippen LogP contribution >= 0.6 is 11.8 Å². The maximum absolute atomic E-state index is 12.3. The average molecular weight is 286 g/mol. The van der Waals surface area contributed by atoms with E-state index in [9.17, 15) is 13.2 Å². The summed E-state index contributed by atoms with van der Waals surface area (Å²) in [6.45, 7) is 0.337. The Hall–Kier alpha value is -1.67. The smallest absolute Gasteiger partial charge is 0.326 e. The predicted molar refractivity (Wildman–Crippen MR) is 63.3 cm³/mol. The zero-order valence-electron chi connectivity index (χ0n) is 9.55. The van der Waals surface area contributed by atoms with Crippen LogP contribution in [0.4, 0.5) is 13.2 Å². The van der Waals surface area contributed by atoms with Crippen LogP contribution < -0.4 is 5.73 Å². The Morgan fingerprint density at radius 2 is 1.74 bits per heavy atom. The van der Waals surface area contributed by atoms with Crippen molar-refractivity contribution in [2.24, 2.45) is 5.73 Å². The topological polar surface area (TPSA) is 64.7 Å². The van der Waals surface area contributed by atoms with Crippen LogP contribution in [-0.2, 0) is 12.7 Å². The molecule has 0 aliphatic carbocycles. The van der Waals surface area contributed by atoms with Gasteiger partial charge in [0, 0.05) is 30.7 Å². The van der Waals surface area contributed by atoms with E-state index in [-0.39, 0.29) is 0 Å². The number of alkyl halides is 3. The number of halogens is 3. The fourth-order valence-electron chi connectivity index (χ4n) is 1.20. The number of hydrogen-bond acceptors (Lipinski definition) is 5. The van der Waals surface area contributed by atoms with Crippen molar-refractivity contribution in [3.8, 4) is 0 Å². The molecular formula is C11H9F3N4S. The standard InChI is InChI=1S/C11H9F3N4S/c12-11(13,14)8-1-2-9(16-6-8)19-10-17-4-7(3-15)5-18-10/h1-2,4-6H,3,15H2. The summed E-state index contributed by atoms with van der Waals surface area (Å²) in [6.07, 6.45) is -0.453. The normalized spacial score (nSPS) is 11.6. The van der Waals surface area contributed by atoms with Gasteiger partial charge >= 0.3 is 6.18 Å². The van der Waals surface area contributed by atoms with E-state index in [1.165, 1.54) is 6.07 Å². The van der Waals surface area contributed by atoms with E-state index in [4.69, 9.17) is 5.73 Å². The predicted octanol–water partition coefficient (Wildman–Crippen LogP) is 2.50. The van der Waals surface area contributed by atoms with E-state index in [0.717, 1.165) is 29.6 Å². The molecule has 0 bridgehead atoms. The van der Waals surface area contributed by atoms with Crippen molar-refractivity contribution in [2.75, 3.05) is 0 Å². The molecule has 0 saturated carbocycles. The van der Waals surface area contributed by atoms with Gasteiger partial charge in [0.1, 0.15) is 5.03 Å². The van der Waals surface area contributed by atoms with Crippen molar-refractivity contribution >= 4 is 11.8 Å². The molecule has 2 N–H and O–H groups in total. The summed E-state index contributed by atoms with van der Waals surface area (Å²) in [6, 6.07) is 2.26. The van der Waals surface area contributed by atoms with Crippen LogP contribution in [0.15, 0.2) is 40.9 Å². The lowest BCUT2D eigenvalue weighted by molar-refractivity contribution is -0.137. The van der Waals surface area contributed by atoms with E-state index < -0.39 is 11.7 Å². The first-order valence-electron chi connectivity index (χ1n) is 5.21. The van der Waals surface area contributed by atoms with Gasteiger partial charge in [0.05, 0.1) is 5.56 Å². The zero-order valence-corrected chi connectivity index (χ0v) is 10.4. The first-order valence-corrected chi connectivity index (χ1v) is 6.03. The zero-order chi connectivity index (χ0) is 13.9. The Labute approximate surface area is 111 Å². The van der Waals surface area contributed by atoms with Gasteiger partial charge in [-0.15, -0.1) is 0 Å². The monoisotopic (exact) mass is 286 g/mol. The van der Waals surface area contributed by atoms with Gasteiger partial charge in [-0.2, -0.15) is 13.2 Å². The average Bonchev–Trinajstić information content (AvgIpc) is 2.39. The van der Waals surface area contributed by atoms with Gasteiger partial charge in [0.25, 0.3) is 0 Å². The van der Waals surface area contributed by atoms with Crippen molar-refractivity contribution in [2.45, 2.75) is 22.9 Å². The van der Waals surface area contributed by atoms with E-state index >= 15 is 0 Å². The van der Waals surface area contributed by atoms with Gasteiger partial charge in [-0.25, -0.2) is 15.0 Å². The Morgan fingerprint density at radius 1 is 1.05 bits per heavy atom. The summed E-state index contributed by atoms with van der Waals surface area (Å²) in [5, 5.41) is 0.804. The second-order valence-corrected chi connectivity index (χ2v) is 4.55. The molecule has 0 fully saturated rings. The summed E-state index contributed by atoms with van der Waals surface area (Å²) in [4.78, 5) is 11.8. The Bertz CT molecular complexity index is 539. The molecular weight excluding hydrogens is 277 g/mol. The molecule has 100 valence electrons. The van der Waals surface area contributed by atoms with Crippen molar-refractivity contribution in [1.82, 2.24) is 15.0 Å². The number of nitrogens with zero attached hydrogens (tertiary/aromatic N) is 3. The number of aromatic nitrogens is 3. The largest absolute Gasteiger partial charge is 0.417 e. The van der Waals surface area contributed by atoms with Gasteiger partial charge in [0.15, 0.2) is 5.16 Å². The lowest BCUT2D eigenvalue weighted by Gasteiger charge is -2.06. The van der Waals surface area contributed by atoms with Gasteiger partial charge in [0.2, 0.25) is 0 Å². The summed E-state index contributed by atoms with van der Waals surface area (Å²) in [5.74, 6) is 0. The molecule has 2 rings (SSSR count). The van der Waals surface area contributed by atoms with Gasteiger partial charge < -0.3 is 5.73 Å². The highest BCUT2D eigenvalue weighted by Gasteiger charge is 2.30. The number of rotatable bonds is 3. The van der Waals surface area contributed by atoms with Crippen LogP contribution in [0.25, 0.3) is 0 Å². The summed E-state index contributed by atoms with van der Waals surface area (Å²) in [7, 11) is 0. The first-order chi connectivity index (χ1) is 8.99. The highest BCUT2D eigenvalue weighted by Crippen LogP contribution is 2.30. The first kappa shape index (κ1) is 13.8. The van der Waals surface area contributed by atoms with Crippen molar-refractivity contribution in [3.05, 3.63) is 41.9 Å². The van der Waals surface area contributed by atoms with Crippen LogP contribution in [0.1, 0.15) is 11.1 Å². The molecule has 0 atom stereocenters. The van der Waals surface area contributed by atoms with Gasteiger partial charge in [-0.05, 0) is 23.9 Å². The summed E-state index contributed by atoms with van der Waals surface area (Å²) in [5.41, 5.74) is 5.41. The van der Waals surface area contributed by atoms with Crippen LogP contribution in [0.5, 0.6) is 0 Å². The second-order valence-electron chi connectivity index (χ2n) is 3.56. The highest BCUT2D eigenvalue weighted by atomic mass is 32.2. The second kappa shape index (κ2) is 5.54. The van der Waals surface area contributed by atoms with Gasteiger partial charge in [-0.3, -0.25) is 0 Å². The fraction of sp³-hybridized carbons (Fsp3) is 0.182. The molecule has 19 heavy (non-hydrogen) atoms. The van der Waals surface area contributed by atoms with Crippen LogP contribution in [0.2, 0.25) is 0 Å². The van der Waals surface area contributed by atoms with E-state index in [0.29, 0.717) is 16.7 Å². The molecule has 0 aliphatic heterocycles. The molecule has 0 aromatic carbocycles. The molecule has 2 heterocycles. The number of hydrogen-bond donors (Lipinski definition) is 1. The molecule has 8 heteroatoms. The molecule has 0 aliphatic rings. The molecule has 4 nitrogen and oxygen atoms in total. The quantitative estimate of drug-likeness (QED) is 0.878. The Balaban J connectivity index is 2.10. The maximum Gasteiger partial charge on any atom is 0.417 e. The minimum absolute atomic E-state index is 0.337. The molecule has 0 saturated heterocycles. The SMILES string of the molecule is NCc1cnc(Sc2ccc(C(F)(F)F)cn2)nc1. The lowest BCUT2D eigenvalue weighted by Crippen LogP contribution is -2.05. The van der Waals surface area contributed by atoms with Crippen LogP contribution in [-0.4, -0.2) is 15.0 Å². The fourth-order valence-corrected chi connectivity index (χ4v) is 1.84. The molecule has 2 aromatic heterocycles. The number of pyridine rings is 1. The summed E-state index contributed by atoms with van der Waals surface area (Å²) >= 11 is 1.08. The lowest BCUT2D eigenvalue weighted by atomic mass is 10.3. The van der Waals surface area contributed by atoms with Crippen molar-refractivity contribution < 1.29 is 13.2 Å². The minimum atomic E-state index is -4.38. The summed E-state index contributed by atoms with van der Waals surface area (Å²) < 4.78 is 37.0. The Kier molecular flexibility index (Phi) is 4.01. The van der Waals surface area contributed by atoms with Crippen LogP contribution in [0.3, 0.4) is 0 Å². The number of nitrogens with two attached hydrogens (primary N) is 1. The van der Waals surface area contributed by atoms with E-state index in [1.807, 2.05) is 0 Å². The van der Waals surface area contributed by atoms with E-state index in [2.05, 4.69) is 15.0 Å². The third kappa shape index (κ3) is 3.65. The van der Waals surface area contributed by atoms with Crippen molar-refractivity contribution in [1.29, 1.82) is 0 Å². The highest BCUT2D eigenvalue weighted by molar-refractivity contribution is 7.99. The molecule has 0 radical (unpaired) electrons. The molecule has 2 aromatic rings. The molecule has 0 amide bonds. The van der Waals surface area contributed by atoms with Gasteiger partial charge in [-0.1, -0.05) is 0 Å². The third-order valence-electron chi connectivity index (χ3n) is 2.18. The maximum atomic E-state index is 12.3. The van der Waals surface area contributed by atoms with Crippen LogP contribution in [0, 0.1) is 0 Å².